The lowest BCUT2D eigenvalue weighted by Gasteiger charge is -2.27. The van der Waals surface area contributed by atoms with Crippen molar-refractivity contribution in [1.29, 1.82) is 0 Å². The quantitative estimate of drug-likeness (QED) is 0.603. The van der Waals surface area contributed by atoms with Crippen LogP contribution in [0.2, 0.25) is 0 Å². The van der Waals surface area contributed by atoms with E-state index >= 15 is 0 Å². The molecule has 0 aromatic heterocycles. The summed E-state index contributed by atoms with van der Waals surface area (Å²) >= 11 is 0. The fourth-order valence-electron chi connectivity index (χ4n) is 1.86. The Kier molecular flexibility index (Phi) is 9.80. The SMILES string of the molecule is CCCCCN(C(=O)NCC(CC(=O)O)OC)C(C)C. The minimum Gasteiger partial charge on any atom is -0.481 e. The number of amides is 2. The van der Waals surface area contributed by atoms with Gasteiger partial charge in [-0.2, -0.15) is 0 Å². The molecule has 0 fully saturated rings. The zero-order valence-corrected chi connectivity index (χ0v) is 13.0. The van der Waals surface area contributed by atoms with Crippen LogP contribution in [0.5, 0.6) is 0 Å². The van der Waals surface area contributed by atoms with Gasteiger partial charge in [0.2, 0.25) is 0 Å². The van der Waals surface area contributed by atoms with E-state index in [1.807, 2.05) is 13.8 Å². The molecule has 0 bridgehead atoms. The van der Waals surface area contributed by atoms with E-state index in [0.29, 0.717) is 6.54 Å². The number of rotatable bonds is 10. The van der Waals surface area contributed by atoms with E-state index in [2.05, 4.69) is 12.2 Å². The largest absolute Gasteiger partial charge is 0.481 e. The Morgan fingerprint density at radius 1 is 1.30 bits per heavy atom. The van der Waals surface area contributed by atoms with Crippen LogP contribution < -0.4 is 5.32 Å². The molecule has 1 unspecified atom stereocenters. The Morgan fingerprint density at radius 3 is 2.40 bits per heavy atom. The zero-order chi connectivity index (χ0) is 15.5. The Hall–Kier alpha value is -1.30. The summed E-state index contributed by atoms with van der Waals surface area (Å²) in [5.41, 5.74) is 0. The Bertz CT molecular complexity index is 295. The second kappa shape index (κ2) is 10.5. The number of carbonyl (C=O) groups excluding carboxylic acids is 1. The summed E-state index contributed by atoms with van der Waals surface area (Å²) in [6.45, 7) is 6.98. The molecule has 118 valence electrons. The van der Waals surface area contributed by atoms with Gasteiger partial charge < -0.3 is 20.1 Å². The van der Waals surface area contributed by atoms with E-state index in [1.165, 1.54) is 7.11 Å². The van der Waals surface area contributed by atoms with Crippen LogP contribution in [0.25, 0.3) is 0 Å². The van der Waals surface area contributed by atoms with E-state index < -0.39 is 12.1 Å². The van der Waals surface area contributed by atoms with Crippen molar-refractivity contribution in [2.24, 2.45) is 0 Å². The highest BCUT2D eigenvalue weighted by atomic mass is 16.5. The number of aliphatic carboxylic acids is 1. The molecule has 0 aromatic rings. The molecular formula is C14H28N2O4. The molecule has 20 heavy (non-hydrogen) atoms. The molecule has 0 aliphatic carbocycles. The maximum atomic E-state index is 12.1. The predicted octanol–water partition coefficient (Wildman–Crippen LogP) is 2.09. The topological polar surface area (TPSA) is 78.9 Å². The predicted molar refractivity (Wildman–Crippen MR) is 77.8 cm³/mol. The van der Waals surface area contributed by atoms with E-state index in [9.17, 15) is 9.59 Å². The molecule has 0 radical (unpaired) electrons. The number of carbonyl (C=O) groups is 2. The lowest BCUT2D eigenvalue weighted by Crippen LogP contribution is -2.47. The molecule has 0 aliphatic heterocycles. The molecule has 2 N–H and O–H groups in total. The lowest BCUT2D eigenvalue weighted by atomic mass is 10.2. The summed E-state index contributed by atoms with van der Waals surface area (Å²) in [6, 6.07) is -0.0455. The van der Waals surface area contributed by atoms with Crippen LogP contribution in [0.3, 0.4) is 0 Å². The highest BCUT2D eigenvalue weighted by molar-refractivity contribution is 5.74. The van der Waals surface area contributed by atoms with Crippen molar-refractivity contribution in [2.45, 2.75) is 58.6 Å². The average molecular weight is 288 g/mol. The van der Waals surface area contributed by atoms with E-state index in [-0.39, 0.29) is 25.0 Å². The second-order valence-electron chi connectivity index (χ2n) is 5.14. The van der Waals surface area contributed by atoms with Gasteiger partial charge in [0.1, 0.15) is 0 Å². The Balaban J connectivity index is 4.26. The van der Waals surface area contributed by atoms with Gasteiger partial charge >= 0.3 is 12.0 Å². The number of ether oxygens (including phenoxy) is 1. The average Bonchev–Trinajstić information content (AvgIpc) is 2.38. The molecule has 0 rings (SSSR count). The van der Waals surface area contributed by atoms with Crippen molar-refractivity contribution in [1.82, 2.24) is 10.2 Å². The van der Waals surface area contributed by atoms with Gasteiger partial charge in [-0.25, -0.2) is 4.79 Å². The van der Waals surface area contributed by atoms with Crippen LogP contribution in [0, 0.1) is 0 Å². The Labute approximate surface area is 121 Å². The minimum absolute atomic E-state index is 0.117. The van der Waals surface area contributed by atoms with Crippen molar-refractivity contribution in [3.05, 3.63) is 0 Å². The molecule has 0 spiro atoms. The first-order valence-electron chi connectivity index (χ1n) is 7.21. The van der Waals surface area contributed by atoms with Crippen molar-refractivity contribution < 1.29 is 19.4 Å². The second-order valence-corrected chi connectivity index (χ2v) is 5.14. The maximum Gasteiger partial charge on any atom is 0.317 e. The summed E-state index contributed by atoms with van der Waals surface area (Å²) in [5, 5.41) is 11.5. The van der Waals surface area contributed by atoms with Crippen LogP contribution in [0.15, 0.2) is 0 Å². The minimum atomic E-state index is -0.935. The number of hydrogen-bond donors (Lipinski definition) is 2. The maximum absolute atomic E-state index is 12.1. The van der Waals surface area contributed by atoms with Gasteiger partial charge in [-0.05, 0) is 20.3 Å². The first-order valence-corrected chi connectivity index (χ1v) is 7.21. The van der Waals surface area contributed by atoms with Crippen LogP contribution >= 0.6 is 0 Å². The first kappa shape index (κ1) is 18.7. The van der Waals surface area contributed by atoms with Crippen LogP contribution in [-0.2, 0) is 9.53 Å². The molecule has 0 saturated heterocycles. The van der Waals surface area contributed by atoms with Gasteiger partial charge in [0.25, 0.3) is 0 Å². The van der Waals surface area contributed by atoms with Crippen molar-refractivity contribution in [2.75, 3.05) is 20.2 Å². The van der Waals surface area contributed by atoms with Crippen molar-refractivity contribution >= 4 is 12.0 Å². The third kappa shape index (κ3) is 7.99. The van der Waals surface area contributed by atoms with Crippen LogP contribution in [0.4, 0.5) is 4.79 Å². The fraction of sp³-hybridized carbons (Fsp3) is 0.857. The molecule has 0 saturated carbocycles. The molecule has 0 heterocycles. The summed E-state index contributed by atoms with van der Waals surface area (Å²) < 4.78 is 5.04. The number of nitrogens with zero attached hydrogens (tertiary/aromatic N) is 1. The third-order valence-corrected chi connectivity index (χ3v) is 3.10. The number of hydrogen-bond acceptors (Lipinski definition) is 3. The van der Waals surface area contributed by atoms with Crippen LogP contribution in [0.1, 0.15) is 46.5 Å². The van der Waals surface area contributed by atoms with E-state index in [0.717, 1.165) is 19.3 Å². The molecule has 6 nitrogen and oxygen atoms in total. The molecule has 0 aromatic carbocycles. The molecule has 6 heteroatoms. The highest BCUT2D eigenvalue weighted by Gasteiger charge is 2.18. The fourth-order valence-corrected chi connectivity index (χ4v) is 1.86. The number of unbranched alkanes of at least 4 members (excludes halogenated alkanes) is 2. The van der Waals surface area contributed by atoms with E-state index in [4.69, 9.17) is 9.84 Å². The molecule has 1 atom stereocenters. The summed E-state index contributed by atoms with van der Waals surface area (Å²) in [5.74, 6) is -0.935. The van der Waals surface area contributed by atoms with Gasteiger partial charge in [-0.3, -0.25) is 4.79 Å². The zero-order valence-electron chi connectivity index (χ0n) is 13.0. The van der Waals surface area contributed by atoms with Gasteiger partial charge in [0, 0.05) is 26.2 Å². The van der Waals surface area contributed by atoms with Crippen molar-refractivity contribution in [3.8, 4) is 0 Å². The smallest absolute Gasteiger partial charge is 0.317 e. The number of carboxylic acids is 1. The van der Waals surface area contributed by atoms with Crippen molar-refractivity contribution in [3.63, 3.8) is 0 Å². The highest BCUT2D eigenvalue weighted by Crippen LogP contribution is 2.04. The standard InChI is InChI=1S/C14H28N2O4/c1-5-6-7-8-16(11(2)3)14(19)15-10-12(20-4)9-13(17)18/h11-12H,5-10H2,1-4H3,(H,15,19)(H,17,18). The number of carboxylic acid groups (broad SMARTS) is 1. The van der Waals surface area contributed by atoms with Gasteiger partial charge in [-0.1, -0.05) is 19.8 Å². The number of urea groups is 1. The number of methoxy groups -OCH3 is 1. The van der Waals surface area contributed by atoms with Crippen LogP contribution in [-0.4, -0.2) is 54.4 Å². The third-order valence-electron chi connectivity index (χ3n) is 3.10. The summed E-state index contributed by atoms with van der Waals surface area (Å²) in [6.07, 6.45) is 2.56. The first-order chi connectivity index (χ1) is 9.42. The molecule has 0 aliphatic rings. The molecular weight excluding hydrogens is 260 g/mol. The van der Waals surface area contributed by atoms with Gasteiger partial charge in [0.15, 0.2) is 0 Å². The summed E-state index contributed by atoms with van der Waals surface area (Å²) in [7, 11) is 1.45. The lowest BCUT2D eigenvalue weighted by molar-refractivity contribution is -0.139. The monoisotopic (exact) mass is 288 g/mol. The molecule has 2 amide bonds. The summed E-state index contributed by atoms with van der Waals surface area (Å²) in [4.78, 5) is 24.5. The van der Waals surface area contributed by atoms with Gasteiger partial charge in [0.05, 0.1) is 12.5 Å². The van der Waals surface area contributed by atoms with E-state index in [1.54, 1.807) is 4.90 Å². The number of nitrogens with one attached hydrogen (secondary N) is 1. The van der Waals surface area contributed by atoms with Gasteiger partial charge in [-0.15, -0.1) is 0 Å². The normalized spacial score (nSPS) is 12.2. The Morgan fingerprint density at radius 2 is 1.95 bits per heavy atom.